The lowest BCUT2D eigenvalue weighted by Gasteiger charge is -2.20. The van der Waals surface area contributed by atoms with Gasteiger partial charge in [-0.1, -0.05) is 0 Å². The molecular weight excluding hydrogens is 293 g/mol. The molecular formula is C16H19F3N2O. The van der Waals surface area contributed by atoms with Crippen LogP contribution >= 0.6 is 0 Å². The van der Waals surface area contributed by atoms with Gasteiger partial charge in [0.15, 0.2) is 6.29 Å². The second kappa shape index (κ2) is 5.91. The Morgan fingerprint density at radius 3 is 2.55 bits per heavy atom. The Hall–Kier alpha value is -1.56. The Balaban J connectivity index is 1.72. The Bertz CT molecular complexity index is 552. The van der Waals surface area contributed by atoms with Crippen molar-refractivity contribution in [2.24, 2.45) is 5.41 Å². The summed E-state index contributed by atoms with van der Waals surface area (Å²) in [5, 5.41) is 3.20. The molecule has 1 aromatic rings. The molecule has 1 saturated carbocycles. The van der Waals surface area contributed by atoms with E-state index in [-0.39, 0.29) is 24.4 Å². The number of anilines is 1. The first-order chi connectivity index (χ1) is 10.6. The van der Waals surface area contributed by atoms with E-state index in [9.17, 15) is 18.0 Å². The van der Waals surface area contributed by atoms with Gasteiger partial charge in [0.2, 0.25) is 0 Å². The second-order valence-electron chi connectivity index (χ2n) is 6.31. The minimum absolute atomic E-state index is 0.105. The van der Waals surface area contributed by atoms with Crippen LogP contribution in [0.2, 0.25) is 0 Å². The maximum atomic E-state index is 13.7. The van der Waals surface area contributed by atoms with Gasteiger partial charge in [0, 0.05) is 36.8 Å². The van der Waals surface area contributed by atoms with Gasteiger partial charge in [-0.2, -0.15) is 0 Å². The number of hydrogen-bond donors (Lipinski definition) is 1. The molecule has 0 bridgehead atoms. The van der Waals surface area contributed by atoms with Crippen molar-refractivity contribution in [3.63, 3.8) is 0 Å². The molecule has 1 aliphatic carbocycles. The summed E-state index contributed by atoms with van der Waals surface area (Å²) in [5.41, 5.74) is -0.0426. The van der Waals surface area contributed by atoms with E-state index in [1.165, 1.54) is 0 Å². The molecule has 22 heavy (non-hydrogen) atoms. The van der Waals surface area contributed by atoms with Crippen molar-refractivity contribution in [2.75, 3.05) is 31.6 Å². The third-order valence-corrected chi connectivity index (χ3v) is 4.76. The van der Waals surface area contributed by atoms with Crippen molar-refractivity contribution in [2.45, 2.75) is 25.3 Å². The molecule has 1 spiro atoms. The van der Waals surface area contributed by atoms with Crippen LogP contribution in [0.4, 0.5) is 18.9 Å². The molecule has 0 aromatic heterocycles. The highest BCUT2D eigenvalue weighted by molar-refractivity contribution is 5.76. The molecule has 120 valence electrons. The molecule has 1 saturated heterocycles. The van der Waals surface area contributed by atoms with Crippen molar-refractivity contribution >= 4 is 12.0 Å². The third kappa shape index (κ3) is 2.84. The summed E-state index contributed by atoms with van der Waals surface area (Å²) < 4.78 is 39.7. The lowest BCUT2D eigenvalue weighted by atomic mass is 10.0. The summed E-state index contributed by atoms with van der Waals surface area (Å²) in [5.74, 6) is -1.70. The van der Waals surface area contributed by atoms with Crippen LogP contribution in [-0.4, -0.2) is 43.5 Å². The number of rotatable bonds is 6. The lowest BCUT2D eigenvalue weighted by molar-refractivity contribution is 0.111. The zero-order valence-corrected chi connectivity index (χ0v) is 12.2. The van der Waals surface area contributed by atoms with Gasteiger partial charge in [-0.15, -0.1) is 0 Å². The van der Waals surface area contributed by atoms with Crippen molar-refractivity contribution < 1.29 is 18.0 Å². The standard InChI is InChI=1S/C16H19F3N2O/c17-4-1-5-21-8-15(16(10-21)2-3-16)20-11-6-13(18)12(9-22)14(19)7-11/h6-7,9,15,20H,1-5,8,10H2/t15-/m1/s1. The first-order valence-corrected chi connectivity index (χ1v) is 7.57. The molecule has 3 rings (SSSR count). The average molecular weight is 312 g/mol. The van der Waals surface area contributed by atoms with Crippen molar-refractivity contribution in [3.8, 4) is 0 Å². The van der Waals surface area contributed by atoms with Gasteiger partial charge in [-0.3, -0.25) is 9.18 Å². The maximum Gasteiger partial charge on any atom is 0.155 e. The van der Waals surface area contributed by atoms with Gasteiger partial charge in [-0.25, -0.2) is 8.78 Å². The van der Waals surface area contributed by atoms with Crippen LogP contribution in [0.5, 0.6) is 0 Å². The highest BCUT2D eigenvalue weighted by Crippen LogP contribution is 2.53. The van der Waals surface area contributed by atoms with Crippen LogP contribution in [0, 0.1) is 17.0 Å². The van der Waals surface area contributed by atoms with E-state index in [1.54, 1.807) is 0 Å². The molecule has 0 radical (unpaired) electrons. The van der Waals surface area contributed by atoms with Gasteiger partial charge in [0.1, 0.15) is 11.6 Å². The van der Waals surface area contributed by atoms with E-state index in [0.717, 1.165) is 38.1 Å². The van der Waals surface area contributed by atoms with E-state index in [4.69, 9.17) is 0 Å². The molecule has 1 N–H and O–H groups in total. The van der Waals surface area contributed by atoms with E-state index in [2.05, 4.69) is 10.2 Å². The fourth-order valence-electron chi connectivity index (χ4n) is 3.37. The summed E-state index contributed by atoms with van der Waals surface area (Å²) in [6, 6.07) is 2.42. The highest BCUT2D eigenvalue weighted by Gasteiger charge is 2.54. The van der Waals surface area contributed by atoms with Gasteiger partial charge >= 0.3 is 0 Å². The van der Waals surface area contributed by atoms with Crippen LogP contribution in [0.25, 0.3) is 0 Å². The molecule has 1 aliphatic heterocycles. The molecule has 0 amide bonds. The molecule has 2 fully saturated rings. The van der Waals surface area contributed by atoms with Crippen molar-refractivity contribution in [1.29, 1.82) is 0 Å². The zero-order valence-electron chi connectivity index (χ0n) is 12.2. The number of hydrogen-bond acceptors (Lipinski definition) is 3. The fourth-order valence-corrected chi connectivity index (χ4v) is 3.37. The van der Waals surface area contributed by atoms with Gasteiger partial charge in [0.25, 0.3) is 0 Å². The molecule has 1 atom stereocenters. The van der Waals surface area contributed by atoms with Crippen LogP contribution in [0.15, 0.2) is 12.1 Å². The number of benzene rings is 1. The van der Waals surface area contributed by atoms with Crippen molar-refractivity contribution in [1.82, 2.24) is 4.90 Å². The number of aldehydes is 1. The van der Waals surface area contributed by atoms with Crippen LogP contribution in [0.3, 0.4) is 0 Å². The second-order valence-corrected chi connectivity index (χ2v) is 6.31. The monoisotopic (exact) mass is 312 g/mol. The SMILES string of the molecule is O=Cc1c(F)cc(N[C@@H]2CN(CCCF)CC23CC3)cc1F. The summed E-state index contributed by atoms with van der Waals surface area (Å²) in [6.07, 6.45) is 2.85. The van der Waals surface area contributed by atoms with Crippen LogP contribution in [0.1, 0.15) is 29.6 Å². The number of nitrogens with one attached hydrogen (secondary N) is 1. The van der Waals surface area contributed by atoms with Crippen molar-refractivity contribution in [3.05, 3.63) is 29.3 Å². The van der Waals surface area contributed by atoms with Crippen LogP contribution < -0.4 is 5.32 Å². The molecule has 3 nitrogen and oxygen atoms in total. The first kappa shape index (κ1) is 15.3. The quantitative estimate of drug-likeness (QED) is 0.820. The zero-order chi connectivity index (χ0) is 15.7. The number of alkyl halides is 1. The summed E-state index contributed by atoms with van der Waals surface area (Å²) >= 11 is 0. The minimum atomic E-state index is -0.852. The molecule has 1 heterocycles. The van der Waals surface area contributed by atoms with Gasteiger partial charge in [-0.05, 0) is 31.4 Å². The van der Waals surface area contributed by atoms with E-state index in [1.807, 2.05) is 0 Å². The number of likely N-dealkylation sites (tertiary alicyclic amines) is 1. The smallest absolute Gasteiger partial charge is 0.155 e. The predicted octanol–water partition coefficient (Wildman–Crippen LogP) is 3.01. The Labute approximate surface area is 127 Å². The van der Waals surface area contributed by atoms with Gasteiger partial charge < -0.3 is 10.2 Å². The topological polar surface area (TPSA) is 32.3 Å². The largest absolute Gasteiger partial charge is 0.380 e. The Morgan fingerprint density at radius 2 is 2.00 bits per heavy atom. The first-order valence-electron chi connectivity index (χ1n) is 7.57. The fraction of sp³-hybridized carbons (Fsp3) is 0.562. The summed E-state index contributed by atoms with van der Waals surface area (Å²) in [4.78, 5) is 12.8. The Kier molecular flexibility index (Phi) is 4.12. The molecule has 2 aliphatic rings. The van der Waals surface area contributed by atoms with E-state index >= 15 is 0 Å². The van der Waals surface area contributed by atoms with E-state index < -0.39 is 17.2 Å². The summed E-state index contributed by atoms with van der Waals surface area (Å²) in [7, 11) is 0. The normalized spacial score (nSPS) is 23.0. The van der Waals surface area contributed by atoms with Gasteiger partial charge in [0.05, 0.1) is 12.2 Å². The number of nitrogens with zero attached hydrogens (tertiary/aromatic N) is 1. The third-order valence-electron chi connectivity index (χ3n) is 4.76. The highest BCUT2D eigenvalue weighted by atomic mass is 19.1. The Morgan fingerprint density at radius 1 is 1.32 bits per heavy atom. The predicted molar refractivity (Wildman–Crippen MR) is 77.9 cm³/mol. The number of halogens is 3. The average Bonchev–Trinajstić information content (AvgIpc) is 3.16. The lowest BCUT2D eigenvalue weighted by Crippen LogP contribution is -2.30. The van der Waals surface area contributed by atoms with E-state index in [0.29, 0.717) is 18.7 Å². The molecule has 6 heteroatoms. The number of carbonyl (C=O) groups excluding carboxylic acids is 1. The summed E-state index contributed by atoms with van der Waals surface area (Å²) in [6.45, 7) is 2.04. The maximum absolute atomic E-state index is 13.7. The number of carbonyl (C=O) groups is 1. The van der Waals surface area contributed by atoms with Crippen LogP contribution in [-0.2, 0) is 0 Å². The molecule has 1 aromatic carbocycles. The minimum Gasteiger partial charge on any atom is -0.380 e. The molecule has 0 unspecified atom stereocenters.